The molecule has 3 aromatic carbocycles. The maximum atomic E-state index is 13.1. The molecule has 18 heteroatoms. The molecule has 2 aromatic heterocycles. The van der Waals surface area contributed by atoms with Gasteiger partial charge in [0.2, 0.25) is 0 Å². The molecule has 54 heavy (non-hydrogen) atoms. The van der Waals surface area contributed by atoms with Crippen LogP contribution in [0.1, 0.15) is 46.4 Å². The van der Waals surface area contributed by atoms with Crippen molar-refractivity contribution in [2.45, 2.75) is 37.8 Å². The number of aromatic nitrogens is 4. The van der Waals surface area contributed by atoms with Crippen LogP contribution in [0, 0.1) is 10.8 Å². The van der Waals surface area contributed by atoms with Crippen molar-refractivity contribution in [2.75, 3.05) is 27.3 Å². The molecule has 0 saturated carbocycles. The number of carbonyl (C=O) groups is 4. The van der Waals surface area contributed by atoms with Gasteiger partial charge in [0, 0.05) is 35.3 Å². The number of hydrogen-bond donors (Lipinski definition) is 10. The predicted molar refractivity (Wildman–Crippen MR) is 201 cm³/mol. The predicted octanol–water partition coefficient (Wildman–Crippen LogP) is 1.84. The SMILES string of the molecule is COC(=O)[C@H](CCCNC(=N)N)NC(=O)c1ccc2nc(-c3ccc(-c4nc5ccc(C(=O)N[C@@H](CCCNC(=N)N)C(=O)OC)cc5[nH]4)cc3)[nH]c2c1. The fourth-order valence-corrected chi connectivity index (χ4v) is 5.69. The Kier molecular flexibility index (Phi) is 12.4. The van der Waals surface area contributed by atoms with Gasteiger partial charge in [-0.2, -0.15) is 0 Å². The highest BCUT2D eigenvalue weighted by molar-refractivity contribution is 6.00. The maximum absolute atomic E-state index is 13.1. The van der Waals surface area contributed by atoms with Crippen LogP contribution < -0.4 is 32.7 Å². The molecule has 0 fully saturated rings. The molecule has 0 spiro atoms. The highest BCUT2D eigenvalue weighted by Crippen LogP contribution is 2.26. The van der Waals surface area contributed by atoms with Gasteiger partial charge in [-0.15, -0.1) is 0 Å². The van der Waals surface area contributed by atoms with Crippen LogP contribution in [0.2, 0.25) is 0 Å². The highest BCUT2D eigenvalue weighted by atomic mass is 16.5. The highest BCUT2D eigenvalue weighted by Gasteiger charge is 2.24. The molecular formula is C36H42N12O6. The summed E-state index contributed by atoms with van der Waals surface area (Å²) in [6.07, 6.45) is 1.53. The minimum absolute atomic E-state index is 0.176. The zero-order chi connectivity index (χ0) is 38.8. The molecule has 2 heterocycles. The summed E-state index contributed by atoms with van der Waals surface area (Å²) in [5.41, 5.74) is 15.4. The van der Waals surface area contributed by atoms with Gasteiger partial charge in [-0.3, -0.25) is 20.4 Å². The first-order chi connectivity index (χ1) is 25.9. The van der Waals surface area contributed by atoms with E-state index >= 15 is 0 Å². The van der Waals surface area contributed by atoms with E-state index in [2.05, 4.69) is 41.2 Å². The average Bonchev–Trinajstić information content (AvgIpc) is 3.80. The number of amides is 2. The molecule has 2 amide bonds. The number of fused-ring (bicyclic) bond motifs is 2. The van der Waals surface area contributed by atoms with Gasteiger partial charge in [0.25, 0.3) is 11.8 Å². The Morgan fingerprint density at radius 3 is 1.41 bits per heavy atom. The number of aromatic amines is 2. The van der Waals surface area contributed by atoms with Gasteiger partial charge in [0.1, 0.15) is 23.7 Å². The molecule has 5 rings (SSSR count). The van der Waals surface area contributed by atoms with Crippen molar-refractivity contribution in [1.82, 2.24) is 41.2 Å². The van der Waals surface area contributed by atoms with E-state index in [4.69, 9.17) is 31.8 Å². The third-order valence-electron chi connectivity index (χ3n) is 8.47. The van der Waals surface area contributed by atoms with E-state index in [1.807, 2.05) is 24.3 Å². The number of rotatable bonds is 16. The summed E-state index contributed by atoms with van der Waals surface area (Å²) in [5.74, 6) is -1.24. The molecule has 0 aliphatic rings. The van der Waals surface area contributed by atoms with Crippen molar-refractivity contribution in [2.24, 2.45) is 11.5 Å². The van der Waals surface area contributed by atoms with E-state index < -0.39 is 35.8 Å². The van der Waals surface area contributed by atoms with Gasteiger partial charge in [0.05, 0.1) is 36.3 Å². The minimum atomic E-state index is -0.874. The Morgan fingerprint density at radius 1 is 0.667 bits per heavy atom. The Balaban J connectivity index is 1.25. The first-order valence-electron chi connectivity index (χ1n) is 17.0. The Labute approximate surface area is 309 Å². The fraction of sp³-hybridized carbons (Fsp3) is 0.278. The Morgan fingerprint density at radius 2 is 1.06 bits per heavy atom. The van der Waals surface area contributed by atoms with E-state index in [9.17, 15) is 19.2 Å². The van der Waals surface area contributed by atoms with Gasteiger partial charge < -0.3 is 52.2 Å². The molecule has 0 aliphatic heterocycles. The lowest BCUT2D eigenvalue weighted by Crippen LogP contribution is -2.42. The molecule has 0 radical (unpaired) electrons. The zero-order valence-corrected chi connectivity index (χ0v) is 29.7. The van der Waals surface area contributed by atoms with E-state index in [0.717, 1.165) is 11.1 Å². The normalized spacial score (nSPS) is 12.0. The molecule has 0 saturated heterocycles. The Bertz CT molecular complexity index is 2020. The maximum Gasteiger partial charge on any atom is 0.328 e. The number of methoxy groups -OCH3 is 2. The summed E-state index contributed by atoms with van der Waals surface area (Å²) >= 11 is 0. The van der Waals surface area contributed by atoms with Crippen LogP contribution in [0.4, 0.5) is 0 Å². The van der Waals surface area contributed by atoms with Crippen molar-refractivity contribution in [3.05, 3.63) is 71.8 Å². The number of nitrogens with one attached hydrogen (secondary N) is 8. The monoisotopic (exact) mass is 738 g/mol. The second-order valence-corrected chi connectivity index (χ2v) is 12.3. The van der Waals surface area contributed by atoms with E-state index in [-0.39, 0.29) is 11.9 Å². The number of hydrogen-bond acceptors (Lipinski definition) is 10. The first-order valence-corrected chi connectivity index (χ1v) is 17.0. The quantitative estimate of drug-likeness (QED) is 0.0300. The van der Waals surface area contributed by atoms with Crippen LogP contribution in [-0.2, 0) is 19.1 Å². The Hall–Kier alpha value is -6.98. The summed E-state index contributed by atoms with van der Waals surface area (Å²) in [4.78, 5) is 66.6. The molecule has 282 valence electrons. The van der Waals surface area contributed by atoms with Crippen LogP contribution in [0.5, 0.6) is 0 Å². The first kappa shape index (κ1) is 38.3. The third-order valence-corrected chi connectivity index (χ3v) is 8.47. The number of carbonyl (C=O) groups excluding carboxylic acids is 4. The molecule has 18 nitrogen and oxygen atoms in total. The van der Waals surface area contributed by atoms with E-state index in [1.54, 1.807) is 36.4 Å². The number of guanidine groups is 2. The van der Waals surface area contributed by atoms with Gasteiger partial charge in [-0.05, 0) is 62.1 Å². The summed E-state index contributed by atoms with van der Waals surface area (Å²) in [7, 11) is 2.50. The topological polar surface area (TPSA) is 292 Å². The molecular weight excluding hydrogens is 696 g/mol. The van der Waals surface area contributed by atoms with Crippen molar-refractivity contribution < 1.29 is 28.7 Å². The van der Waals surface area contributed by atoms with Gasteiger partial charge >= 0.3 is 11.9 Å². The number of esters is 2. The van der Waals surface area contributed by atoms with Crippen LogP contribution in [0.3, 0.4) is 0 Å². The molecule has 0 bridgehead atoms. The third kappa shape index (κ3) is 9.66. The van der Waals surface area contributed by atoms with Crippen molar-refractivity contribution >= 4 is 57.7 Å². The molecule has 5 aromatic rings. The lowest BCUT2D eigenvalue weighted by Gasteiger charge is -2.16. The summed E-state index contributed by atoms with van der Waals surface area (Å²) in [5, 5.41) is 25.3. The standard InChI is InChI=1S/C36H42N12O6/c1-53-33(51)25(5-3-15-41-35(37)38)47-31(49)21-11-13-23-27(17-21)45-29(43-23)19-7-9-20(10-8-19)30-44-24-14-12-22(18-28(24)46-30)32(50)48-26(34(52)54-2)6-4-16-42-36(39)40/h7-14,17-18,25-26H,3-6,15-16H2,1-2H3,(H,43,45)(H,44,46)(H,47,49)(H,48,50)(H4,37,38,41)(H4,39,40,42)/t25-,26-/m0/s1. The summed E-state index contributed by atoms with van der Waals surface area (Å²) < 4.78 is 9.71. The second kappa shape index (κ2) is 17.5. The van der Waals surface area contributed by atoms with Crippen molar-refractivity contribution in [3.8, 4) is 22.8 Å². The van der Waals surface area contributed by atoms with E-state index in [1.165, 1.54) is 14.2 Å². The molecule has 12 N–H and O–H groups in total. The number of benzene rings is 3. The zero-order valence-electron chi connectivity index (χ0n) is 29.7. The molecule has 0 aliphatic carbocycles. The van der Waals surface area contributed by atoms with Crippen molar-refractivity contribution in [3.63, 3.8) is 0 Å². The summed E-state index contributed by atoms with van der Waals surface area (Å²) in [6, 6.07) is 15.8. The number of nitrogens with two attached hydrogens (primary N) is 2. The number of nitrogens with zero attached hydrogens (tertiary/aromatic N) is 2. The molecule has 2 atom stereocenters. The molecule has 0 unspecified atom stereocenters. The van der Waals surface area contributed by atoms with Crippen LogP contribution in [0.25, 0.3) is 44.8 Å². The fourth-order valence-electron chi connectivity index (χ4n) is 5.69. The lowest BCUT2D eigenvalue weighted by molar-refractivity contribution is -0.143. The van der Waals surface area contributed by atoms with Gasteiger partial charge in [-0.1, -0.05) is 24.3 Å². The number of ether oxygens (including phenoxy) is 2. The number of imidazole rings is 2. The van der Waals surface area contributed by atoms with E-state index in [0.29, 0.717) is 83.6 Å². The lowest BCUT2D eigenvalue weighted by atomic mass is 10.1. The summed E-state index contributed by atoms with van der Waals surface area (Å²) in [6.45, 7) is 0.738. The average molecular weight is 739 g/mol. The van der Waals surface area contributed by atoms with Crippen LogP contribution >= 0.6 is 0 Å². The van der Waals surface area contributed by atoms with Crippen molar-refractivity contribution in [1.29, 1.82) is 10.8 Å². The minimum Gasteiger partial charge on any atom is -0.467 e. The smallest absolute Gasteiger partial charge is 0.328 e. The van der Waals surface area contributed by atoms with Gasteiger partial charge in [-0.25, -0.2) is 19.6 Å². The van der Waals surface area contributed by atoms with Gasteiger partial charge in [0.15, 0.2) is 11.9 Å². The van der Waals surface area contributed by atoms with Crippen LogP contribution in [-0.4, -0.2) is 95.0 Å². The van der Waals surface area contributed by atoms with Crippen LogP contribution in [0.15, 0.2) is 60.7 Å². The number of H-pyrrole nitrogens is 2. The largest absolute Gasteiger partial charge is 0.467 e. The second-order valence-electron chi connectivity index (χ2n) is 12.3.